The second-order valence-electron chi connectivity index (χ2n) is 3.87. The second-order valence-corrected chi connectivity index (χ2v) is 4.72. The zero-order valence-electron chi connectivity index (χ0n) is 10.4. The lowest BCUT2D eigenvalue weighted by molar-refractivity contribution is 0.0998. The number of anilines is 1. The number of benzene rings is 2. The van der Waals surface area contributed by atoms with E-state index in [1.54, 1.807) is 23.9 Å². The Bertz CT molecular complexity index is 614. The van der Waals surface area contributed by atoms with Gasteiger partial charge in [-0.15, -0.1) is 11.8 Å². The monoisotopic (exact) mass is 274 g/mol. The number of primary amides is 1. The Morgan fingerprint density at radius 1 is 1.16 bits per heavy atom. The highest BCUT2D eigenvalue weighted by atomic mass is 32.2. The number of hydrogen-bond donors (Lipinski definition) is 2. The number of para-hydroxylation sites is 1. The lowest BCUT2D eigenvalue weighted by Gasteiger charge is -2.12. The largest absolute Gasteiger partial charge is 0.455 e. The summed E-state index contributed by atoms with van der Waals surface area (Å²) in [7, 11) is 0. The molecule has 1 amide bonds. The molecule has 0 saturated carbocycles. The summed E-state index contributed by atoms with van der Waals surface area (Å²) >= 11 is 1.57. The van der Waals surface area contributed by atoms with Crippen molar-refractivity contribution in [1.29, 1.82) is 0 Å². The molecule has 4 N–H and O–H groups in total. The zero-order chi connectivity index (χ0) is 13.8. The van der Waals surface area contributed by atoms with E-state index in [2.05, 4.69) is 0 Å². The van der Waals surface area contributed by atoms with Gasteiger partial charge in [0, 0.05) is 10.6 Å². The first-order chi connectivity index (χ1) is 9.11. The summed E-state index contributed by atoms with van der Waals surface area (Å²) in [5.41, 5.74) is 11.7. The maximum atomic E-state index is 11.4. The predicted octanol–water partition coefficient (Wildman–Crippen LogP) is 2.88. The van der Waals surface area contributed by atoms with Crippen molar-refractivity contribution in [2.45, 2.75) is 4.90 Å². The van der Waals surface area contributed by atoms with Crippen LogP contribution in [0.5, 0.6) is 11.5 Å². The maximum absolute atomic E-state index is 11.4. The first-order valence-corrected chi connectivity index (χ1v) is 6.84. The van der Waals surface area contributed by atoms with Gasteiger partial charge in [0.15, 0.2) is 0 Å². The SMILES string of the molecule is CSc1ccccc1Oc1ccc(N)cc1C(N)=O. The van der Waals surface area contributed by atoms with Crippen molar-refractivity contribution in [3.05, 3.63) is 48.0 Å². The third-order valence-electron chi connectivity index (χ3n) is 2.56. The topological polar surface area (TPSA) is 78.3 Å². The molecule has 0 unspecified atom stereocenters. The number of nitrogen functional groups attached to an aromatic ring is 1. The van der Waals surface area contributed by atoms with Crippen LogP contribution in [-0.2, 0) is 0 Å². The molecule has 2 rings (SSSR count). The summed E-state index contributed by atoms with van der Waals surface area (Å²) < 4.78 is 5.77. The summed E-state index contributed by atoms with van der Waals surface area (Å²) in [5.74, 6) is 0.523. The van der Waals surface area contributed by atoms with Crippen molar-refractivity contribution in [2.75, 3.05) is 12.0 Å². The Balaban J connectivity index is 2.41. The number of hydrogen-bond acceptors (Lipinski definition) is 4. The summed E-state index contributed by atoms with van der Waals surface area (Å²) in [6, 6.07) is 12.4. The van der Waals surface area contributed by atoms with Crippen LogP contribution in [0.1, 0.15) is 10.4 Å². The highest BCUT2D eigenvalue weighted by molar-refractivity contribution is 7.98. The van der Waals surface area contributed by atoms with Crippen LogP contribution in [0.2, 0.25) is 0 Å². The van der Waals surface area contributed by atoms with Crippen LogP contribution in [0.3, 0.4) is 0 Å². The minimum absolute atomic E-state index is 0.274. The van der Waals surface area contributed by atoms with E-state index in [1.807, 2.05) is 30.5 Å². The van der Waals surface area contributed by atoms with Crippen molar-refractivity contribution in [3.63, 3.8) is 0 Å². The predicted molar refractivity (Wildman–Crippen MR) is 77.7 cm³/mol. The van der Waals surface area contributed by atoms with Gasteiger partial charge in [0.05, 0.1) is 5.56 Å². The summed E-state index contributed by atoms with van der Waals surface area (Å²) in [6.07, 6.45) is 1.96. The van der Waals surface area contributed by atoms with Crippen LogP contribution in [0.4, 0.5) is 5.69 Å². The quantitative estimate of drug-likeness (QED) is 0.663. The van der Waals surface area contributed by atoms with Gasteiger partial charge in [-0.05, 0) is 36.6 Å². The molecule has 19 heavy (non-hydrogen) atoms. The molecule has 98 valence electrons. The van der Waals surface area contributed by atoms with Crippen LogP contribution in [0.25, 0.3) is 0 Å². The lowest BCUT2D eigenvalue weighted by atomic mass is 10.1. The van der Waals surface area contributed by atoms with E-state index in [-0.39, 0.29) is 5.56 Å². The van der Waals surface area contributed by atoms with Crippen LogP contribution < -0.4 is 16.2 Å². The van der Waals surface area contributed by atoms with E-state index in [0.717, 1.165) is 4.90 Å². The van der Waals surface area contributed by atoms with Crippen molar-refractivity contribution < 1.29 is 9.53 Å². The van der Waals surface area contributed by atoms with Crippen molar-refractivity contribution in [1.82, 2.24) is 0 Å². The Labute approximate surface area is 115 Å². The Morgan fingerprint density at radius 2 is 1.89 bits per heavy atom. The summed E-state index contributed by atoms with van der Waals surface area (Å²) in [4.78, 5) is 12.4. The number of carbonyl (C=O) groups is 1. The molecule has 0 aliphatic heterocycles. The molecule has 0 radical (unpaired) electrons. The molecule has 2 aromatic carbocycles. The van der Waals surface area contributed by atoms with Crippen molar-refractivity contribution >= 4 is 23.4 Å². The van der Waals surface area contributed by atoms with E-state index in [0.29, 0.717) is 17.2 Å². The number of nitrogens with two attached hydrogens (primary N) is 2. The number of amides is 1. The number of carbonyl (C=O) groups excluding carboxylic acids is 1. The van der Waals surface area contributed by atoms with Crippen LogP contribution in [0, 0.1) is 0 Å². The molecule has 5 heteroatoms. The van der Waals surface area contributed by atoms with Gasteiger partial charge < -0.3 is 16.2 Å². The standard InChI is InChI=1S/C14H14N2O2S/c1-19-13-5-3-2-4-12(13)18-11-7-6-9(15)8-10(11)14(16)17/h2-8H,15H2,1H3,(H2,16,17). The summed E-state index contributed by atoms with van der Waals surface area (Å²) in [6.45, 7) is 0. The molecule has 0 atom stereocenters. The fourth-order valence-electron chi connectivity index (χ4n) is 1.65. The Kier molecular flexibility index (Phi) is 3.97. The normalized spacial score (nSPS) is 10.2. The molecular formula is C14H14N2O2S. The third kappa shape index (κ3) is 3.00. The van der Waals surface area contributed by atoms with Gasteiger partial charge in [0.1, 0.15) is 11.5 Å². The highest BCUT2D eigenvalue weighted by Gasteiger charge is 2.12. The van der Waals surface area contributed by atoms with E-state index < -0.39 is 5.91 Å². The van der Waals surface area contributed by atoms with Gasteiger partial charge in [-0.1, -0.05) is 12.1 Å². The molecule has 0 aromatic heterocycles. The molecule has 0 aliphatic carbocycles. The zero-order valence-corrected chi connectivity index (χ0v) is 11.2. The molecule has 0 spiro atoms. The fraction of sp³-hybridized carbons (Fsp3) is 0.0714. The minimum atomic E-state index is -0.566. The smallest absolute Gasteiger partial charge is 0.252 e. The molecule has 0 saturated heterocycles. The second kappa shape index (κ2) is 5.67. The molecule has 4 nitrogen and oxygen atoms in total. The number of rotatable bonds is 4. The average Bonchev–Trinajstić information content (AvgIpc) is 2.41. The molecule has 0 heterocycles. The van der Waals surface area contributed by atoms with E-state index >= 15 is 0 Å². The van der Waals surface area contributed by atoms with Crippen LogP contribution in [0.15, 0.2) is 47.4 Å². The molecule has 0 fully saturated rings. The van der Waals surface area contributed by atoms with E-state index in [9.17, 15) is 4.79 Å². The summed E-state index contributed by atoms with van der Waals surface area (Å²) in [5, 5.41) is 0. The van der Waals surface area contributed by atoms with Gasteiger partial charge in [0.2, 0.25) is 0 Å². The van der Waals surface area contributed by atoms with Crippen molar-refractivity contribution in [3.8, 4) is 11.5 Å². The van der Waals surface area contributed by atoms with Gasteiger partial charge in [-0.3, -0.25) is 4.79 Å². The van der Waals surface area contributed by atoms with E-state index in [4.69, 9.17) is 16.2 Å². The van der Waals surface area contributed by atoms with Crippen LogP contribution in [-0.4, -0.2) is 12.2 Å². The van der Waals surface area contributed by atoms with E-state index in [1.165, 1.54) is 6.07 Å². The van der Waals surface area contributed by atoms with Gasteiger partial charge in [-0.25, -0.2) is 0 Å². The van der Waals surface area contributed by atoms with Crippen molar-refractivity contribution in [2.24, 2.45) is 5.73 Å². The molecule has 0 aliphatic rings. The van der Waals surface area contributed by atoms with Gasteiger partial charge in [0.25, 0.3) is 5.91 Å². The fourth-order valence-corrected chi connectivity index (χ4v) is 2.18. The Hall–Kier alpha value is -2.14. The molecule has 0 bridgehead atoms. The highest BCUT2D eigenvalue weighted by Crippen LogP contribution is 2.33. The first kappa shape index (κ1) is 13.3. The van der Waals surface area contributed by atoms with Crippen LogP contribution >= 0.6 is 11.8 Å². The number of ether oxygens (including phenoxy) is 1. The van der Waals surface area contributed by atoms with Gasteiger partial charge >= 0.3 is 0 Å². The maximum Gasteiger partial charge on any atom is 0.252 e. The number of thioether (sulfide) groups is 1. The molecule has 2 aromatic rings. The minimum Gasteiger partial charge on any atom is -0.455 e. The Morgan fingerprint density at radius 3 is 2.58 bits per heavy atom. The van der Waals surface area contributed by atoms with Gasteiger partial charge in [-0.2, -0.15) is 0 Å². The average molecular weight is 274 g/mol. The lowest BCUT2D eigenvalue weighted by Crippen LogP contribution is -2.12. The third-order valence-corrected chi connectivity index (χ3v) is 3.34. The molecular weight excluding hydrogens is 260 g/mol. The first-order valence-electron chi connectivity index (χ1n) is 5.62.